The second-order valence-electron chi connectivity index (χ2n) is 8.34. The van der Waals surface area contributed by atoms with Crippen LogP contribution in [0, 0.1) is 5.92 Å². The van der Waals surface area contributed by atoms with Crippen molar-refractivity contribution in [3.05, 3.63) is 48.0 Å². The van der Waals surface area contributed by atoms with E-state index in [1.807, 2.05) is 12.1 Å². The number of anilines is 2. The van der Waals surface area contributed by atoms with Crippen LogP contribution in [0.4, 0.5) is 11.6 Å². The van der Waals surface area contributed by atoms with Crippen molar-refractivity contribution in [2.45, 2.75) is 19.8 Å². The Labute approximate surface area is 183 Å². The number of hydrogen-bond donors (Lipinski definition) is 1. The SMILES string of the molecule is CC1CCN(c2ccc(N3CCN(C(=O)CNC(=O)c4ccccc4)CC3)nn2)CC1. The van der Waals surface area contributed by atoms with Crippen LogP contribution in [0.2, 0.25) is 0 Å². The van der Waals surface area contributed by atoms with Gasteiger partial charge in [0.05, 0.1) is 6.54 Å². The highest BCUT2D eigenvalue weighted by Crippen LogP contribution is 2.22. The molecule has 3 heterocycles. The van der Waals surface area contributed by atoms with Crippen molar-refractivity contribution in [1.82, 2.24) is 20.4 Å². The minimum absolute atomic E-state index is 0.0106. The minimum Gasteiger partial charge on any atom is -0.355 e. The van der Waals surface area contributed by atoms with Gasteiger partial charge in [0.25, 0.3) is 5.91 Å². The maximum atomic E-state index is 12.5. The van der Waals surface area contributed by atoms with Crippen LogP contribution >= 0.6 is 0 Å². The van der Waals surface area contributed by atoms with Gasteiger partial charge in [-0.3, -0.25) is 9.59 Å². The molecule has 0 aliphatic carbocycles. The summed E-state index contributed by atoms with van der Waals surface area (Å²) in [5.41, 5.74) is 0.557. The zero-order valence-electron chi connectivity index (χ0n) is 18.0. The first kappa shape index (κ1) is 21.1. The summed E-state index contributed by atoms with van der Waals surface area (Å²) in [4.78, 5) is 30.8. The molecule has 2 aliphatic rings. The molecule has 8 heteroatoms. The molecule has 0 bridgehead atoms. The predicted molar refractivity (Wildman–Crippen MR) is 120 cm³/mol. The van der Waals surface area contributed by atoms with E-state index in [1.54, 1.807) is 29.2 Å². The van der Waals surface area contributed by atoms with Crippen LogP contribution in [0.3, 0.4) is 0 Å². The Morgan fingerprint density at radius 1 is 0.871 bits per heavy atom. The molecule has 31 heavy (non-hydrogen) atoms. The van der Waals surface area contributed by atoms with Crippen LogP contribution < -0.4 is 15.1 Å². The summed E-state index contributed by atoms with van der Waals surface area (Å²) in [6.07, 6.45) is 2.40. The topological polar surface area (TPSA) is 81.7 Å². The summed E-state index contributed by atoms with van der Waals surface area (Å²) in [6.45, 7) is 7.00. The maximum absolute atomic E-state index is 12.5. The monoisotopic (exact) mass is 422 g/mol. The van der Waals surface area contributed by atoms with Gasteiger partial charge >= 0.3 is 0 Å². The molecule has 0 radical (unpaired) electrons. The largest absolute Gasteiger partial charge is 0.355 e. The molecule has 0 atom stereocenters. The average Bonchev–Trinajstić information content (AvgIpc) is 2.83. The van der Waals surface area contributed by atoms with Gasteiger partial charge in [0, 0.05) is 44.8 Å². The first-order chi connectivity index (χ1) is 15.1. The van der Waals surface area contributed by atoms with Crippen molar-refractivity contribution in [2.75, 3.05) is 55.6 Å². The van der Waals surface area contributed by atoms with E-state index in [4.69, 9.17) is 0 Å². The predicted octanol–water partition coefficient (Wildman–Crippen LogP) is 1.79. The van der Waals surface area contributed by atoms with Crippen LogP contribution in [0.15, 0.2) is 42.5 Å². The maximum Gasteiger partial charge on any atom is 0.251 e. The third-order valence-electron chi connectivity index (χ3n) is 6.14. The summed E-state index contributed by atoms with van der Waals surface area (Å²) in [6, 6.07) is 13.0. The molecule has 2 amide bonds. The van der Waals surface area contributed by atoms with Crippen molar-refractivity contribution in [3.8, 4) is 0 Å². The zero-order valence-corrected chi connectivity index (χ0v) is 18.0. The van der Waals surface area contributed by atoms with Gasteiger partial charge in [-0.05, 0) is 43.0 Å². The van der Waals surface area contributed by atoms with Crippen LogP contribution in [0.1, 0.15) is 30.1 Å². The van der Waals surface area contributed by atoms with Gasteiger partial charge in [0.2, 0.25) is 5.91 Å². The molecule has 0 unspecified atom stereocenters. The van der Waals surface area contributed by atoms with Crippen LogP contribution in [0.25, 0.3) is 0 Å². The van der Waals surface area contributed by atoms with Crippen molar-refractivity contribution >= 4 is 23.5 Å². The second-order valence-corrected chi connectivity index (χ2v) is 8.34. The van der Waals surface area contributed by atoms with Crippen molar-refractivity contribution in [1.29, 1.82) is 0 Å². The number of benzene rings is 1. The second kappa shape index (κ2) is 9.76. The number of hydrogen-bond acceptors (Lipinski definition) is 6. The molecule has 4 rings (SSSR count). The van der Waals surface area contributed by atoms with E-state index < -0.39 is 0 Å². The molecule has 0 saturated carbocycles. The van der Waals surface area contributed by atoms with E-state index >= 15 is 0 Å². The summed E-state index contributed by atoms with van der Waals surface area (Å²) >= 11 is 0. The fourth-order valence-corrected chi connectivity index (χ4v) is 4.04. The summed E-state index contributed by atoms with van der Waals surface area (Å²) in [7, 11) is 0. The Kier molecular flexibility index (Phi) is 6.64. The Hall–Kier alpha value is -3.16. The van der Waals surface area contributed by atoms with Crippen LogP contribution in [-0.4, -0.2) is 72.7 Å². The Balaban J connectivity index is 1.23. The molecule has 2 fully saturated rings. The summed E-state index contributed by atoms with van der Waals surface area (Å²) < 4.78 is 0. The van der Waals surface area contributed by atoms with E-state index in [-0.39, 0.29) is 18.4 Å². The normalized spacial score (nSPS) is 17.5. The van der Waals surface area contributed by atoms with Gasteiger partial charge in [-0.2, -0.15) is 0 Å². The number of carbonyl (C=O) groups is 2. The number of carbonyl (C=O) groups excluding carboxylic acids is 2. The molecule has 2 aromatic rings. The highest BCUT2D eigenvalue weighted by atomic mass is 16.2. The van der Waals surface area contributed by atoms with Gasteiger partial charge in [0.1, 0.15) is 0 Å². The number of amides is 2. The Bertz CT molecular complexity index is 873. The smallest absolute Gasteiger partial charge is 0.251 e. The molecular formula is C23H30N6O2. The minimum atomic E-state index is -0.230. The van der Waals surface area contributed by atoms with Gasteiger partial charge in [-0.1, -0.05) is 25.1 Å². The van der Waals surface area contributed by atoms with E-state index in [0.29, 0.717) is 31.7 Å². The lowest BCUT2D eigenvalue weighted by Gasteiger charge is -2.35. The quantitative estimate of drug-likeness (QED) is 0.791. The summed E-state index contributed by atoms with van der Waals surface area (Å²) in [5, 5.41) is 11.6. The van der Waals surface area contributed by atoms with Crippen molar-refractivity contribution < 1.29 is 9.59 Å². The fraction of sp³-hybridized carbons (Fsp3) is 0.478. The summed E-state index contributed by atoms with van der Waals surface area (Å²) in [5.74, 6) is 2.28. The molecule has 2 aliphatic heterocycles. The first-order valence-corrected chi connectivity index (χ1v) is 11.0. The zero-order chi connectivity index (χ0) is 21.6. The lowest BCUT2D eigenvalue weighted by atomic mass is 9.99. The Morgan fingerprint density at radius 3 is 2.03 bits per heavy atom. The highest BCUT2D eigenvalue weighted by molar-refractivity contribution is 5.96. The van der Waals surface area contributed by atoms with Crippen molar-refractivity contribution in [3.63, 3.8) is 0 Å². The molecule has 8 nitrogen and oxygen atoms in total. The van der Waals surface area contributed by atoms with Crippen molar-refractivity contribution in [2.24, 2.45) is 5.92 Å². The average molecular weight is 423 g/mol. The van der Waals surface area contributed by atoms with Gasteiger partial charge < -0.3 is 20.0 Å². The standard InChI is InChI=1S/C23H30N6O2/c1-18-9-11-27(12-10-18)20-7-8-21(26-25-20)28-13-15-29(16-14-28)22(30)17-24-23(31)19-5-3-2-4-6-19/h2-8,18H,9-17H2,1H3,(H,24,31). The molecule has 2 saturated heterocycles. The van der Waals surface area contributed by atoms with E-state index in [1.165, 1.54) is 12.8 Å². The lowest BCUT2D eigenvalue weighted by Crippen LogP contribution is -2.51. The van der Waals surface area contributed by atoms with Gasteiger partial charge in [0.15, 0.2) is 11.6 Å². The molecular weight excluding hydrogens is 392 g/mol. The molecule has 164 valence electrons. The number of piperazine rings is 1. The lowest BCUT2D eigenvalue weighted by molar-refractivity contribution is -0.130. The van der Waals surface area contributed by atoms with Gasteiger partial charge in [-0.25, -0.2) is 0 Å². The van der Waals surface area contributed by atoms with E-state index in [2.05, 4.69) is 38.3 Å². The highest BCUT2D eigenvalue weighted by Gasteiger charge is 2.23. The molecule has 1 aromatic carbocycles. The number of aromatic nitrogens is 2. The Morgan fingerprint density at radius 2 is 1.45 bits per heavy atom. The molecule has 1 aromatic heterocycles. The molecule has 0 spiro atoms. The van der Waals surface area contributed by atoms with Crippen LogP contribution in [-0.2, 0) is 4.79 Å². The number of rotatable bonds is 5. The van der Waals surface area contributed by atoms with E-state index in [0.717, 1.165) is 30.6 Å². The first-order valence-electron chi connectivity index (χ1n) is 11.0. The van der Waals surface area contributed by atoms with Crippen LogP contribution in [0.5, 0.6) is 0 Å². The third kappa shape index (κ3) is 5.31. The number of piperidine rings is 1. The third-order valence-corrected chi connectivity index (χ3v) is 6.14. The number of nitrogens with zero attached hydrogens (tertiary/aromatic N) is 5. The fourth-order valence-electron chi connectivity index (χ4n) is 4.04. The van der Waals surface area contributed by atoms with E-state index in [9.17, 15) is 9.59 Å². The van der Waals surface area contributed by atoms with Gasteiger partial charge in [-0.15, -0.1) is 10.2 Å². The molecule has 1 N–H and O–H groups in total. The number of nitrogens with one attached hydrogen (secondary N) is 1.